The van der Waals surface area contributed by atoms with Gasteiger partial charge in [0.05, 0.1) is 11.3 Å². The van der Waals surface area contributed by atoms with Crippen LogP contribution in [0.4, 0.5) is 22.7 Å². The Morgan fingerprint density at radius 2 is 1.41 bits per heavy atom. The lowest BCUT2D eigenvalue weighted by atomic mass is 10.1. The van der Waals surface area contributed by atoms with Crippen molar-refractivity contribution in [1.29, 1.82) is 0 Å². The molecule has 0 bridgehead atoms. The van der Waals surface area contributed by atoms with Crippen molar-refractivity contribution in [2.45, 2.75) is 13.8 Å². The molecule has 0 fully saturated rings. The molecule has 27 heavy (non-hydrogen) atoms. The minimum absolute atomic E-state index is 0.135. The van der Waals surface area contributed by atoms with Crippen LogP contribution < -0.4 is 15.5 Å². The number of nitrogens with zero attached hydrogens (tertiary/aromatic N) is 1. The smallest absolute Gasteiger partial charge is 0.257 e. The Labute approximate surface area is 160 Å². The summed E-state index contributed by atoms with van der Waals surface area (Å²) in [7, 11) is 0. The predicted molar refractivity (Wildman–Crippen MR) is 114 cm³/mol. The minimum atomic E-state index is -0.135. The number of para-hydroxylation sites is 2. The van der Waals surface area contributed by atoms with Gasteiger partial charge in [-0.05, 0) is 62.4 Å². The van der Waals surface area contributed by atoms with Gasteiger partial charge in [-0.3, -0.25) is 4.79 Å². The summed E-state index contributed by atoms with van der Waals surface area (Å²) in [5.74, 6) is -0.135. The molecule has 4 heteroatoms. The van der Waals surface area contributed by atoms with Gasteiger partial charge >= 0.3 is 0 Å². The first-order chi connectivity index (χ1) is 13.2. The van der Waals surface area contributed by atoms with E-state index < -0.39 is 0 Å². The molecular weight excluding hydrogens is 334 g/mol. The van der Waals surface area contributed by atoms with Crippen molar-refractivity contribution in [3.63, 3.8) is 0 Å². The highest BCUT2D eigenvalue weighted by molar-refractivity contribution is 6.08. The summed E-state index contributed by atoms with van der Waals surface area (Å²) in [5.41, 5.74) is 4.27. The van der Waals surface area contributed by atoms with Gasteiger partial charge in [-0.2, -0.15) is 0 Å². The van der Waals surface area contributed by atoms with Crippen molar-refractivity contribution >= 4 is 28.7 Å². The molecule has 0 aliphatic carbocycles. The van der Waals surface area contributed by atoms with Crippen LogP contribution >= 0.6 is 0 Å². The highest BCUT2D eigenvalue weighted by atomic mass is 16.1. The van der Waals surface area contributed by atoms with E-state index in [1.165, 1.54) is 0 Å². The number of hydrogen-bond acceptors (Lipinski definition) is 3. The van der Waals surface area contributed by atoms with Crippen LogP contribution in [0.15, 0.2) is 78.9 Å². The van der Waals surface area contributed by atoms with E-state index in [1.54, 1.807) is 0 Å². The Balaban J connectivity index is 1.75. The Morgan fingerprint density at radius 1 is 0.778 bits per heavy atom. The van der Waals surface area contributed by atoms with E-state index >= 15 is 0 Å². The Morgan fingerprint density at radius 3 is 2.07 bits per heavy atom. The van der Waals surface area contributed by atoms with E-state index in [-0.39, 0.29) is 5.91 Å². The summed E-state index contributed by atoms with van der Waals surface area (Å²) in [6.45, 7) is 6.19. The highest BCUT2D eigenvalue weighted by Gasteiger charge is 2.12. The summed E-state index contributed by atoms with van der Waals surface area (Å²) in [5, 5.41) is 6.30. The Bertz CT molecular complexity index is 872. The fourth-order valence-electron chi connectivity index (χ4n) is 3.01. The minimum Gasteiger partial charge on any atom is -0.372 e. The van der Waals surface area contributed by atoms with Crippen LogP contribution in [0.5, 0.6) is 0 Å². The van der Waals surface area contributed by atoms with Crippen LogP contribution in [-0.4, -0.2) is 19.0 Å². The molecule has 0 radical (unpaired) electrons. The molecule has 1 amide bonds. The molecule has 3 aromatic carbocycles. The number of rotatable bonds is 7. The van der Waals surface area contributed by atoms with E-state index in [2.05, 4.69) is 29.4 Å². The summed E-state index contributed by atoms with van der Waals surface area (Å²) in [6, 6.07) is 25.3. The average molecular weight is 359 g/mol. The maximum atomic E-state index is 12.8. The topological polar surface area (TPSA) is 44.4 Å². The van der Waals surface area contributed by atoms with Crippen molar-refractivity contribution in [2.24, 2.45) is 0 Å². The summed E-state index contributed by atoms with van der Waals surface area (Å²) >= 11 is 0. The van der Waals surface area contributed by atoms with Gasteiger partial charge in [-0.25, -0.2) is 0 Å². The number of anilines is 4. The number of hydrogen-bond donors (Lipinski definition) is 2. The molecule has 4 nitrogen and oxygen atoms in total. The summed E-state index contributed by atoms with van der Waals surface area (Å²) in [4.78, 5) is 15.1. The first-order valence-corrected chi connectivity index (χ1v) is 9.28. The van der Waals surface area contributed by atoms with Gasteiger partial charge in [0.1, 0.15) is 0 Å². The maximum Gasteiger partial charge on any atom is 0.257 e. The van der Waals surface area contributed by atoms with Gasteiger partial charge in [0.25, 0.3) is 5.91 Å². The molecule has 0 aromatic heterocycles. The van der Waals surface area contributed by atoms with Gasteiger partial charge in [-0.1, -0.05) is 30.3 Å². The molecule has 2 N–H and O–H groups in total. The molecule has 0 unspecified atom stereocenters. The molecule has 0 spiro atoms. The third-order valence-corrected chi connectivity index (χ3v) is 4.48. The van der Waals surface area contributed by atoms with Gasteiger partial charge in [-0.15, -0.1) is 0 Å². The Kier molecular flexibility index (Phi) is 6.10. The van der Waals surface area contributed by atoms with Crippen molar-refractivity contribution in [3.05, 3.63) is 84.4 Å². The van der Waals surface area contributed by atoms with Gasteiger partial charge in [0.2, 0.25) is 0 Å². The third kappa shape index (κ3) is 4.67. The second kappa shape index (κ2) is 8.90. The fourth-order valence-corrected chi connectivity index (χ4v) is 3.01. The van der Waals surface area contributed by atoms with Crippen molar-refractivity contribution in [3.8, 4) is 0 Å². The monoisotopic (exact) mass is 359 g/mol. The quantitative estimate of drug-likeness (QED) is 0.583. The van der Waals surface area contributed by atoms with Crippen LogP contribution in [0, 0.1) is 0 Å². The highest BCUT2D eigenvalue weighted by Crippen LogP contribution is 2.23. The van der Waals surface area contributed by atoms with Gasteiger partial charge < -0.3 is 15.5 Å². The molecule has 3 aromatic rings. The van der Waals surface area contributed by atoms with Crippen LogP contribution in [0.1, 0.15) is 24.2 Å². The van der Waals surface area contributed by atoms with E-state index in [0.717, 1.165) is 35.8 Å². The molecular formula is C23H25N3O. The lowest BCUT2D eigenvalue weighted by Gasteiger charge is -2.21. The summed E-state index contributed by atoms with van der Waals surface area (Å²) < 4.78 is 0. The number of nitrogens with one attached hydrogen (secondary N) is 2. The molecule has 0 heterocycles. The molecule has 3 rings (SSSR count). The lowest BCUT2D eigenvalue weighted by molar-refractivity contribution is 0.102. The third-order valence-electron chi connectivity index (χ3n) is 4.48. The van der Waals surface area contributed by atoms with E-state index in [0.29, 0.717) is 5.56 Å². The standard InChI is InChI=1S/C23H25N3O/c1-3-26(4-2)20-16-14-19(15-17-20)25-23(27)21-12-8-9-13-22(21)24-18-10-6-5-7-11-18/h5-17,24H,3-4H2,1-2H3,(H,25,27). The van der Waals surface area contributed by atoms with E-state index in [1.807, 2.05) is 78.9 Å². The first-order valence-electron chi connectivity index (χ1n) is 9.28. The second-order valence-corrected chi connectivity index (χ2v) is 6.21. The normalized spacial score (nSPS) is 10.3. The van der Waals surface area contributed by atoms with Crippen LogP contribution in [0.2, 0.25) is 0 Å². The van der Waals surface area contributed by atoms with E-state index in [4.69, 9.17) is 0 Å². The zero-order chi connectivity index (χ0) is 19.1. The van der Waals surface area contributed by atoms with Crippen LogP contribution in [-0.2, 0) is 0 Å². The Hall–Kier alpha value is -3.27. The van der Waals surface area contributed by atoms with Crippen molar-refractivity contribution in [1.82, 2.24) is 0 Å². The van der Waals surface area contributed by atoms with Gasteiger partial charge in [0.15, 0.2) is 0 Å². The largest absolute Gasteiger partial charge is 0.372 e. The van der Waals surface area contributed by atoms with E-state index in [9.17, 15) is 4.79 Å². The molecule has 0 saturated carbocycles. The summed E-state index contributed by atoms with van der Waals surface area (Å²) in [6.07, 6.45) is 0. The lowest BCUT2D eigenvalue weighted by Crippen LogP contribution is -2.21. The van der Waals surface area contributed by atoms with Gasteiger partial charge in [0, 0.05) is 30.2 Å². The zero-order valence-corrected chi connectivity index (χ0v) is 15.8. The number of carbonyl (C=O) groups excluding carboxylic acids is 1. The SMILES string of the molecule is CCN(CC)c1ccc(NC(=O)c2ccccc2Nc2ccccc2)cc1. The van der Waals surface area contributed by atoms with Crippen molar-refractivity contribution in [2.75, 3.05) is 28.6 Å². The molecule has 0 atom stereocenters. The maximum absolute atomic E-state index is 12.8. The molecule has 0 saturated heterocycles. The molecule has 0 aliphatic rings. The molecule has 0 aliphatic heterocycles. The zero-order valence-electron chi connectivity index (χ0n) is 15.8. The average Bonchev–Trinajstić information content (AvgIpc) is 2.71. The van der Waals surface area contributed by atoms with Crippen molar-refractivity contribution < 1.29 is 4.79 Å². The number of benzene rings is 3. The fraction of sp³-hybridized carbons (Fsp3) is 0.174. The second-order valence-electron chi connectivity index (χ2n) is 6.21. The first kappa shape index (κ1) is 18.5. The molecule has 138 valence electrons. The van der Waals surface area contributed by atoms with Crippen LogP contribution in [0.3, 0.4) is 0 Å². The predicted octanol–water partition coefficient (Wildman–Crippen LogP) is 5.53. The number of carbonyl (C=O) groups is 1. The number of amides is 1. The van der Waals surface area contributed by atoms with Crippen LogP contribution in [0.25, 0.3) is 0 Å².